The maximum Gasteiger partial charge on any atom is 0.419 e. The van der Waals surface area contributed by atoms with Crippen LogP contribution >= 0.6 is 0 Å². The molecule has 0 amide bonds. The Bertz CT molecular complexity index is 417. The fraction of sp³-hybridized carbons (Fsp3) is 0.643. The van der Waals surface area contributed by atoms with E-state index >= 15 is 0 Å². The maximum atomic E-state index is 12.9. The molecule has 2 atom stereocenters. The lowest BCUT2D eigenvalue weighted by molar-refractivity contribution is -0.137. The topological polar surface area (TPSA) is 24.9 Å². The Hall–Kier alpha value is -1.26. The van der Waals surface area contributed by atoms with Crippen molar-refractivity contribution in [1.82, 2.24) is 4.98 Å². The number of aromatic nitrogens is 1. The van der Waals surface area contributed by atoms with E-state index < -0.39 is 11.7 Å². The van der Waals surface area contributed by atoms with E-state index in [1.54, 1.807) is 0 Å². The van der Waals surface area contributed by atoms with E-state index in [-0.39, 0.29) is 11.9 Å². The summed E-state index contributed by atoms with van der Waals surface area (Å²) >= 11 is 0. The van der Waals surface area contributed by atoms with E-state index in [1.165, 1.54) is 12.3 Å². The van der Waals surface area contributed by atoms with Crippen molar-refractivity contribution < 1.29 is 13.2 Å². The highest BCUT2D eigenvalue weighted by Gasteiger charge is 2.35. The fourth-order valence-corrected chi connectivity index (χ4v) is 2.63. The molecule has 1 aromatic heterocycles. The van der Waals surface area contributed by atoms with Crippen molar-refractivity contribution in [3.05, 3.63) is 23.9 Å². The second-order valence-electron chi connectivity index (χ2n) is 5.26. The van der Waals surface area contributed by atoms with Crippen LogP contribution in [0.5, 0.6) is 0 Å². The maximum absolute atomic E-state index is 12.9. The van der Waals surface area contributed by atoms with Crippen LogP contribution in [0.1, 0.15) is 44.6 Å². The van der Waals surface area contributed by atoms with Gasteiger partial charge in [-0.1, -0.05) is 26.2 Å². The Kier molecular flexibility index (Phi) is 4.32. The molecule has 2 nitrogen and oxygen atoms in total. The Balaban J connectivity index is 2.18. The number of anilines is 1. The van der Waals surface area contributed by atoms with Crippen LogP contribution < -0.4 is 5.32 Å². The minimum atomic E-state index is -4.36. The molecule has 106 valence electrons. The smallest absolute Gasteiger partial charge is 0.367 e. The number of hydrogen-bond donors (Lipinski definition) is 1. The van der Waals surface area contributed by atoms with Gasteiger partial charge >= 0.3 is 6.18 Å². The van der Waals surface area contributed by atoms with Crippen molar-refractivity contribution in [3.63, 3.8) is 0 Å². The van der Waals surface area contributed by atoms with Gasteiger partial charge < -0.3 is 5.32 Å². The molecular formula is C14H19F3N2. The third-order valence-corrected chi connectivity index (χ3v) is 3.80. The molecule has 0 saturated heterocycles. The van der Waals surface area contributed by atoms with Crippen molar-refractivity contribution in [2.45, 2.75) is 51.2 Å². The zero-order valence-electron chi connectivity index (χ0n) is 11.0. The van der Waals surface area contributed by atoms with E-state index in [9.17, 15) is 13.2 Å². The molecule has 0 aromatic carbocycles. The van der Waals surface area contributed by atoms with Gasteiger partial charge in [0.2, 0.25) is 0 Å². The molecule has 5 heteroatoms. The molecule has 0 aliphatic heterocycles. The Labute approximate surface area is 111 Å². The normalized spacial score (nSPS) is 24.8. The SMILES string of the molecule is CC1CCCCCC1Nc1ncccc1C(F)(F)F. The molecule has 0 spiro atoms. The van der Waals surface area contributed by atoms with Gasteiger partial charge in [0.05, 0.1) is 5.56 Å². The van der Waals surface area contributed by atoms with E-state index in [0.29, 0.717) is 5.92 Å². The average molecular weight is 272 g/mol. The van der Waals surface area contributed by atoms with Crippen LogP contribution in [0.2, 0.25) is 0 Å². The summed E-state index contributed by atoms with van der Waals surface area (Å²) in [4.78, 5) is 3.87. The van der Waals surface area contributed by atoms with Crippen molar-refractivity contribution >= 4 is 5.82 Å². The second-order valence-corrected chi connectivity index (χ2v) is 5.26. The quantitative estimate of drug-likeness (QED) is 0.803. The number of hydrogen-bond acceptors (Lipinski definition) is 2. The summed E-state index contributed by atoms with van der Waals surface area (Å²) in [6, 6.07) is 2.49. The van der Waals surface area contributed by atoms with Crippen LogP contribution in [0.15, 0.2) is 18.3 Å². The zero-order valence-corrected chi connectivity index (χ0v) is 11.0. The molecule has 2 rings (SSSR count). The van der Waals surface area contributed by atoms with Crippen LogP contribution in [0, 0.1) is 5.92 Å². The second kappa shape index (κ2) is 5.80. The molecule has 0 radical (unpaired) electrons. The highest BCUT2D eigenvalue weighted by molar-refractivity contribution is 5.46. The van der Waals surface area contributed by atoms with Crippen molar-refractivity contribution in [2.75, 3.05) is 5.32 Å². The first-order valence-electron chi connectivity index (χ1n) is 6.77. The summed E-state index contributed by atoms with van der Waals surface area (Å²) in [6.45, 7) is 2.10. The monoisotopic (exact) mass is 272 g/mol. The lowest BCUT2D eigenvalue weighted by atomic mass is 9.97. The third-order valence-electron chi connectivity index (χ3n) is 3.80. The van der Waals surface area contributed by atoms with Gasteiger partial charge in [-0.05, 0) is 30.9 Å². The molecule has 19 heavy (non-hydrogen) atoms. The molecule has 1 N–H and O–H groups in total. The zero-order chi connectivity index (χ0) is 13.9. The van der Waals surface area contributed by atoms with Gasteiger partial charge in [-0.25, -0.2) is 4.98 Å². The number of pyridine rings is 1. The molecular weight excluding hydrogens is 253 g/mol. The number of nitrogens with zero attached hydrogens (tertiary/aromatic N) is 1. The fourth-order valence-electron chi connectivity index (χ4n) is 2.63. The Morgan fingerprint density at radius 2 is 1.95 bits per heavy atom. The average Bonchev–Trinajstić information content (AvgIpc) is 2.54. The van der Waals surface area contributed by atoms with Crippen LogP contribution in [0.25, 0.3) is 0 Å². The molecule has 0 bridgehead atoms. The van der Waals surface area contributed by atoms with Crippen LogP contribution in [0.3, 0.4) is 0 Å². The van der Waals surface area contributed by atoms with Crippen molar-refractivity contribution in [1.29, 1.82) is 0 Å². The molecule has 1 aliphatic carbocycles. The molecule has 1 aromatic rings. The third kappa shape index (κ3) is 3.61. The van der Waals surface area contributed by atoms with Gasteiger partial charge in [0.25, 0.3) is 0 Å². The van der Waals surface area contributed by atoms with E-state index in [1.807, 2.05) is 0 Å². The largest absolute Gasteiger partial charge is 0.419 e. The predicted octanol–water partition coefficient (Wildman–Crippen LogP) is 4.48. The highest BCUT2D eigenvalue weighted by Crippen LogP contribution is 2.35. The van der Waals surface area contributed by atoms with E-state index in [2.05, 4.69) is 17.2 Å². The first-order chi connectivity index (χ1) is 8.98. The summed E-state index contributed by atoms with van der Waals surface area (Å²) in [5.41, 5.74) is -0.675. The van der Waals surface area contributed by atoms with E-state index in [4.69, 9.17) is 0 Å². The van der Waals surface area contributed by atoms with Gasteiger partial charge in [0, 0.05) is 12.2 Å². The number of alkyl halides is 3. The lowest BCUT2D eigenvalue weighted by Crippen LogP contribution is -2.28. The standard InChI is InChI=1S/C14H19F3N2/c1-10-6-3-2-4-8-12(10)19-13-11(14(15,16)17)7-5-9-18-13/h5,7,9-10,12H,2-4,6,8H2,1H3,(H,18,19). The number of halogens is 3. The summed E-state index contributed by atoms with van der Waals surface area (Å²) in [6.07, 6.45) is 2.41. The highest BCUT2D eigenvalue weighted by atomic mass is 19.4. The predicted molar refractivity (Wildman–Crippen MR) is 68.9 cm³/mol. The molecule has 1 saturated carbocycles. The minimum Gasteiger partial charge on any atom is -0.367 e. The minimum absolute atomic E-state index is 0.0336. The van der Waals surface area contributed by atoms with Gasteiger partial charge in [-0.15, -0.1) is 0 Å². The molecule has 2 unspecified atom stereocenters. The number of rotatable bonds is 2. The van der Waals surface area contributed by atoms with Gasteiger partial charge in [-0.2, -0.15) is 13.2 Å². The first kappa shape index (κ1) is 14.2. The van der Waals surface area contributed by atoms with Crippen LogP contribution in [-0.2, 0) is 6.18 Å². The van der Waals surface area contributed by atoms with Crippen molar-refractivity contribution in [2.24, 2.45) is 5.92 Å². The Morgan fingerprint density at radius 1 is 1.21 bits per heavy atom. The number of nitrogens with one attached hydrogen (secondary N) is 1. The lowest BCUT2D eigenvalue weighted by Gasteiger charge is -2.25. The van der Waals surface area contributed by atoms with E-state index in [0.717, 1.165) is 38.2 Å². The van der Waals surface area contributed by atoms with Gasteiger partial charge in [0.15, 0.2) is 0 Å². The van der Waals surface area contributed by atoms with Crippen molar-refractivity contribution in [3.8, 4) is 0 Å². The molecule has 1 aliphatic rings. The molecule has 1 heterocycles. The first-order valence-corrected chi connectivity index (χ1v) is 6.77. The van der Waals surface area contributed by atoms with Crippen LogP contribution in [-0.4, -0.2) is 11.0 Å². The summed E-state index contributed by atoms with van der Waals surface area (Å²) in [5, 5.41) is 3.01. The van der Waals surface area contributed by atoms with Crippen LogP contribution in [0.4, 0.5) is 19.0 Å². The Morgan fingerprint density at radius 3 is 2.68 bits per heavy atom. The van der Waals surface area contributed by atoms with Gasteiger partial charge in [-0.3, -0.25) is 0 Å². The summed E-state index contributed by atoms with van der Waals surface area (Å²) in [7, 11) is 0. The summed E-state index contributed by atoms with van der Waals surface area (Å²) in [5.74, 6) is 0.347. The summed E-state index contributed by atoms with van der Waals surface area (Å²) < 4.78 is 38.7. The van der Waals surface area contributed by atoms with Gasteiger partial charge in [0.1, 0.15) is 5.82 Å². The molecule has 1 fully saturated rings.